The van der Waals surface area contributed by atoms with Crippen LogP contribution in [0.25, 0.3) is 0 Å². The second kappa shape index (κ2) is 5.35. The van der Waals surface area contributed by atoms with Crippen molar-refractivity contribution < 1.29 is 9.21 Å². The maximum Gasteiger partial charge on any atom is 0.216 e. The fourth-order valence-electron chi connectivity index (χ4n) is 1.18. The summed E-state index contributed by atoms with van der Waals surface area (Å²) in [5.74, 6) is 0.584. The lowest BCUT2D eigenvalue weighted by molar-refractivity contribution is -0.110. The second-order valence-corrected chi connectivity index (χ2v) is 2.85. The monoisotopic (exact) mass is 182 g/mol. The van der Waals surface area contributed by atoms with Crippen LogP contribution in [0.2, 0.25) is 0 Å². The first-order chi connectivity index (χ1) is 6.38. The van der Waals surface area contributed by atoms with Crippen molar-refractivity contribution >= 4 is 6.41 Å². The minimum atomic E-state index is -0.0764. The third-order valence-electron chi connectivity index (χ3n) is 1.87. The average Bonchev–Trinajstić information content (AvgIpc) is 2.65. The summed E-state index contributed by atoms with van der Waals surface area (Å²) in [7, 11) is 0. The van der Waals surface area contributed by atoms with Crippen molar-refractivity contribution in [3.8, 4) is 0 Å². The molecule has 0 aliphatic carbocycles. The Bertz CT molecular complexity index is 234. The Morgan fingerprint density at radius 2 is 2.62 bits per heavy atom. The van der Waals surface area contributed by atoms with Gasteiger partial charge in [0.1, 0.15) is 12.3 Å². The van der Waals surface area contributed by atoms with Crippen LogP contribution in [0.3, 0.4) is 0 Å². The lowest BCUT2D eigenvalue weighted by Gasteiger charge is -2.10. The number of nitrogens with zero attached hydrogens (tertiary/aromatic N) is 1. The molecule has 0 aliphatic heterocycles. The van der Waals surface area contributed by atoms with E-state index in [2.05, 4.69) is 17.2 Å². The van der Waals surface area contributed by atoms with Crippen molar-refractivity contribution in [1.29, 1.82) is 0 Å². The molecule has 0 bridgehead atoms. The zero-order chi connectivity index (χ0) is 9.52. The summed E-state index contributed by atoms with van der Waals surface area (Å²) >= 11 is 0. The summed E-state index contributed by atoms with van der Waals surface area (Å²) in [6, 6.07) is -0.0764. The molecule has 0 fully saturated rings. The van der Waals surface area contributed by atoms with E-state index >= 15 is 0 Å². The molecular formula is C9H14N2O2. The van der Waals surface area contributed by atoms with Gasteiger partial charge in [0.15, 0.2) is 0 Å². The molecule has 0 radical (unpaired) electrons. The molecule has 0 saturated carbocycles. The molecule has 0 saturated heterocycles. The van der Waals surface area contributed by atoms with E-state index in [1.54, 1.807) is 6.20 Å². The Morgan fingerprint density at radius 3 is 3.15 bits per heavy atom. The number of nitrogens with one attached hydrogen (secondary N) is 1. The van der Waals surface area contributed by atoms with Crippen LogP contribution in [0, 0.1) is 0 Å². The first-order valence-electron chi connectivity index (χ1n) is 4.47. The lowest BCUT2D eigenvalue weighted by Crippen LogP contribution is -2.19. The normalized spacial score (nSPS) is 12.4. The molecule has 0 aliphatic rings. The molecule has 1 atom stereocenters. The van der Waals surface area contributed by atoms with Crippen molar-refractivity contribution in [2.75, 3.05) is 0 Å². The van der Waals surface area contributed by atoms with Gasteiger partial charge in [-0.1, -0.05) is 19.8 Å². The van der Waals surface area contributed by atoms with Gasteiger partial charge in [0, 0.05) is 0 Å². The molecule has 1 N–H and O–H groups in total. The summed E-state index contributed by atoms with van der Waals surface area (Å²) in [4.78, 5) is 14.3. The average molecular weight is 182 g/mol. The summed E-state index contributed by atoms with van der Waals surface area (Å²) in [6.07, 6.45) is 6.80. The van der Waals surface area contributed by atoms with Gasteiger partial charge in [0.2, 0.25) is 12.3 Å². The minimum absolute atomic E-state index is 0.0764. The van der Waals surface area contributed by atoms with E-state index in [0.29, 0.717) is 12.3 Å². The molecule has 4 heteroatoms. The highest BCUT2D eigenvalue weighted by Crippen LogP contribution is 2.16. The standard InChI is InChI=1S/C9H14N2O2/c1-2-3-4-8(11-7-12)9-10-5-6-13-9/h5-8H,2-4H2,1H3,(H,11,12). The van der Waals surface area contributed by atoms with Gasteiger partial charge in [-0.2, -0.15) is 0 Å². The second-order valence-electron chi connectivity index (χ2n) is 2.85. The van der Waals surface area contributed by atoms with Gasteiger partial charge in [0.25, 0.3) is 0 Å². The maximum absolute atomic E-state index is 10.3. The van der Waals surface area contributed by atoms with E-state index in [-0.39, 0.29) is 6.04 Å². The summed E-state index contributed by atoms with van der Waals surface area (Å²) in [5, 5.41) is 2.68. The van der Waals surface area contributed by atoms with E-state index in [4.69, 9.17) is 4.42 Å². The van der Waals surface area contributed by atoms with Crippen LogP contribution in [0.5, 0.6) is 0 Å². The van der Waals surface area contributed by atoms with E-state index < -0.39 is 0 Å². The Labute approximate surface area is 77.3 Å². The number of oxazole rings is 1. The summed E-state index contributed by atoms with van der Waals surface area (Å²) < 4.78 is 5.11. The fourth-order valence-corrected chi connectivity index (χ4v) is 1.18. The van der Waals surface area contributed by atoms with Crippen molar-refractivity contribution in [3.63, 3.8) is 0 Å². The van der Waals surface area contributed by atoms with Crippen LogP contribution < -0.4 is 5.32 Å². The van der Waals surface area contributed by atoms with E-state index in [9.17, 15) is 4.79 Å². The number of aromatic nitrogens is 1. The number of rotatable bonds is 6. The predicted octanol–water partition coefficient (Wildman–Crippen LogP) is 1.65. The topological polar surface area (TPSA) is 55.1 Å². The van der Waals surface area contributed by atoms with Crippen LogP contribution >= 0.6 is 0 Å². The van der Waals surface area contributed by atoms with E-state index in [0.717, 1.165) is 19.3 Å². The number of hydrogen-bond acceptors (Lipinski definition) is 3. The third kappa shape index (κ3) is 2.89. The quantitative estimate of drug-likeness (QED) is 0.680. The highest BCUT2D eigenvalue weighted by Gasteiger charge is 2.13. The van der Waals surface area contributed by atoms with Crippen LogP contribution in [0.4, 0.5) is 0 Å². The third-order valence-corrected chi connectivity index (χ3v) is 1.87. The smallest absolute Gasteiger partial charge is 0.216 e. The van der Waals surface area contributed by atoms with Crippen LogP contribution in [0.1, 0.15) is 38.1 Å². The number of unbranched alkanes of at least 4 members (excludes halogenated alkanes) is 1. The molecule has 72 valence electrons. The first-order valence-corrected chi connectivity index (χ1v) is 4.47. The van der Waals surface area contributed by atoms with Gasteiger partial charge in [-0.3, -0.25) is 4.79 Å². The SMILES string of the molecule is CCCCC(NC=O)c1ncco1. The fraction of sp³-hybridized carbons (Fsp3) is 0.556. The Kier molecular flexibility index (Phi) is 4.02. The van der Waals surface area contributed by atoms with Crippen LogP contribution in [0.15, 0.2) is 16.9 Å². The molecule has 13 heavy (non-hydrogen) atoms. The van der Waals surface area contributed by atoms with Crippen LogP contribution in [-0.2, 0) is 4.79 Å². The van der Waals surface area contributed by atoms with Gasteiger partial charge in [-0.25, -0.2) is 4.98 Å². The highest BCUT2D eigenvalue weighted by molar-refractivity contribution is 5.46. The molecule has 1 rings (SSSR count). The van der Waals surface area contributed by atoms with Crippen molar-refractivity contribution in [2.24, 2.45) is 0 Å². The first kappa shape index (κ1) is 9.77. The number of carbonyl (C=O) groups is 1. The van der Waals surface area contributed by atoms with Crippen LogP contribution in [-0.4, -0.2) is 11.4 Å². The Balaban J connectivity index is 2.51. The molecule has 1 heterocycles. The van der Waals surface area contributed by atoms with E-state index in [1.807, 2.05) is 0 Å². The van der Waals surface area contributed by atoms with Crippen molar-refractivity contribution in [3.05, 3.63) is 18.4 Å². The van der Waals surface area contributed by atoms with Crippen molar-refractivity contribution in [1.82, 2.24) is 10.3 Å². The molecule has 1 aromatic rings. The predicted molar refractivity (Wildman–Crippen MR) is 48.0 cm³/mol. The minimum Gasteiger partial charge on any atom is -0.447 e. The number of amides is 1. The summed E-state index contributed by atoms with van der Waals surface area (Å²) in [6.45, 7) is 2.10. The molecule has 1 unspecified atom stereocenters. The number of carbonyl (C=O) groups excluding carboxylic acids is 1. The van der Waals surface area contributed by atoms with Crippen molar-refractivity contribution in [2.45, 2.75) is 32.2 Å². The molecular weight excluding hydrogens is 168 g/mol. The zero-order valence-electron chi connectivity index (χ0n) is 7.69. The van der Waals surface area contributed by atoms with E-state index in [1.165, 1.54) is 6.26 Å². The molecule has 1 amide bonds. The highest BCUT2D eigenvalue weighted by atomic mass is 16.3. The Hall–Kier alpha value is -1.32. The van der Waals surface area contributed by atoms with Gasteiger partial charge >= 0.3 is 0 Å². The largest absolute Gasteiger partial charge is 0.447 e. The number of hydrogen-bond donors (Lipinski definition) is 1. The molecule has 1 aromatic heterocycles. The van der Waals surface area contributed by atoms with Gasteiger partial charge < -0.3 is 9.73 Å². The van der Waals surface area contributed by atoms with Gasteiger partial charge in [0.05, 0.1) is 6.20 Å². The molecule has 0 aromatic carbocycles. The van der Waals surface area contributed by atoms with Gasteiger partial charge in [-0.15, -0.1) is 0 Å². The Morgan fingerprint density at radius 1 is 1.77 bits per heavy atom. The lowest BCUT2D eigenvalue weighted by atomic mass is 10.1. The zero-order valence-corrected chi connectivity index (χ0v) is 7.69. The van der Waals surface area contributed by atoms with Gasteiger partial charge in [-0.05, 0) is 6.42 Å². The molecule has 4 nitrogen and oxygen atoms in total. The maximum atomic E-state index is 10.3. The molecule has 0 spiro atoms. The summed E-state index contributed by atoms with van der Waals surface area (Å²) in [5.41, 5.74) is 0.